The molecule has 134 valence electrons. The van der Waals surface area contributed by atoms with Gasteiger partial charge in [0.2, 0.25) is 12.2 Å². The number of carbonyl (C=O) groups excluding carboxylic acids is 2. The van der Waals surface area contributed by atoms with Crippen molar-refractivity contribution in [2.24, 2.45) is 0 Å². The summed E-state index contributed by atoms with van der Waals surface area (Å²) in [6.45, 7) is 0. The Balaban J connectivity index is 1.65. The molecule has 7 nitrogen and oxygen atoms in total. The molecule has 1 saturated heterocycles. The highest BCUT2D eigenvalue weighted by molar-refractivity contribution is 9.10. The minimum atomic E-state index is -0.861. The Morgan fingerprint density at radius 1 is 1.35 bits per heavy atom. The number of rotatable bonds is 5. The van der Waals surface area contributed by atoms with Gasteiger partial charge in [0.1, 0.15) is 15.2 Å². The summed E-state index contributed by atoms with van der Waals surface area (Å²) in [4.78, 5) is 30.3. The monoisotopic (exact) mass is 435 g/mol. The van der Waals surface area contributed by atoms with Crippen molar-refractivity contribution in [3.8, 4) is 0 Å². The highest BCUT2D eigenvalue weighted by Crippen LogP contribution is 2.51. The lowest BCUT2D eigenvalue weighted by atomic mass is 10.1. The molecule has 0 spiro atoms. The van der Waals surface area contributed by atoms with Crippen LogP contribution in [0.2, 0.25) is 0 Å². The van der Waals surface area contributed by atoms with Crippen LogP contribution in [0.15, 0.2) is 54.7 Å². The third kappa shape index (κ3) is 2.76. The first-order valence-corrected chi connectivity index (χ1v) is 9.56. The van der Waals surface area contributed by atoms with Gasteiger partial charge in [-0.25, -0.2) is 9.78 Å². The van der Waals surface area contributed by atoms with E-state index in [1.54, 1.807) is 23.3 Å². The van der Waals surface area contributed by atoms with Gasteiger partial charge in [-0.05, 0) is 0 Å². The number of benzene rings is 1. The van der Waals surface area contributed by atoms with Crippen LogP contribution in [0.25, 0.3) is 5.03 Å². The number of thioether (sulfide) groups is 1. The number of amides is 1. The van der Waals surface area contributed by atoms with Crippen LogP contribution in [-0.2, 0) is 19.1 Å². The average Bonchev–Trinajstić information content (AvgIpc) is 3.32. The Labute approximate surface area is 162 Å². The highest BCUT2D eigenvalue weighted by atomic mass is 79.9. The summed E-state index contributed by atoms with van der Waals surface area (Å²) in [6.07, 6.45) is 4.06. The maximum atomic E-state index is 12.9. The molecule has 1 amide bonds. The third-order valence-electron chi connectivity index (χ3n) is 4.09. The van der Waals surface area contributed by atoms with Gasteiger partial charge in [0, 0.05) is 25.1 Å². The number of carbonyl (C=O) groups is 2. The first-order chi connectivity index (χ1) is 12.6. The minimum Gasteiger partial charge on any atom is -0.427 e. The fraction of sp³-hybridized carbons (Fsp3) is 0.235. The van der Waals surface area contributed by atoms with E-state index in [0.29, 0.717) is 10.6 Å². The summed E-state index contributed by atoms with van der Waals surface area (Å²) >= 11 is 4.78. The minimum absolute atomic E-state index is 0.168. The van der Waals surface area contributed by atoms with Crippen molar-refractivity contribution in [3.05, 3.63) is 60.3 Å². The van der Waals surface area contributed by atoms with Crippen LogP contribution >= 0.6 is 27.7 Å². The van der Waals surface area contributed by atoms with E-state index < -0.39 is 12.3 Å². The summed E-state index contributed by atoms with van der Waals surface area (Å²) in [7, 11) is 1.46. The molecule has 2 aromatic rings. The zero-order chi connectivity index (χ0) is 18.3. The fourth-order valence-corrected chi connectivity index (χ4v) is 4.90. The van der Waals surface area contributed by atoms with Gasteiger partial charge in [0.15, 0.2) is 5.70 Å². The van der Waals surface area contributed by atoms with Crippen molar-refractivity contribution in [3.63, 3.8) is 0 Å². The number of β-lactam (4-membered cyclic amide) rings is 1. The van der Waals surface area contributed by atoms with Gasteiger partial charge in [-0.15, -0.1) is 0 Å². The number of aromatic nitrogens is 2. The molecule has 1 aromatic carbocycles. The number of esters is 1. The van der Waals surface area contributed by atoms with Crippen molar-refractivity contribution in [2.75, 3.05) is 7.11 Å². The number of nitrogens with zero attached hydrogens (tertiary/aromatic N) is 3. The fourth-order valence-electron chi connectivity index (χ4n) is 2.82. The Hall–Kier alpha value is -2.10. The van der Waals surface area contributed by atoms with E-state index >= 15 is 0 Å². The van der Waals surface area contributed by atoms with Crippen LogP contribution < -0.4 is 0 Å². The largest absolute Gasteiger partial charge is 0.427 e. The second-order valence-electron chi connectivity index (χ2n) is 5.63. The van der Waals surface area contributed by atoms with Gasteiger partial charge in [0.25, 0.3) is 0 Å². The topological polar surface area (TPSA) is 73.7 Å². The summed E-state index contributed by atoms with van der Waals surface area (Å²) in [5.41, 5.74) is 0.917. The molecule has 1 unspecified atom stereocenters. The Bertz CT molecular complexity index is 871. The molecule has 26 heavy (non-hydrogen) atoms. The molecule has 0 aliphatic carbocycles. The maximum Gasteiger partial charge on any atom is 0.360 e. The van der Waals surface area contributed by atoms with Crippen molar-refractivity contribution < 1.29 is 19.1 Å². The van der Waals surface area contributed by atoms with Crippen LogP contribution in [0.3, 0.4) is 0 Å². The van der Waals surface area contributed by atoms with Crippen LogP contribution in [-0.4, -0.2) is 43.6 Å². The van der Waals surface area contributed by atoms with E-state index in [9.17, 15) is 9.59 Å². The van der Waals surface area contributed by atoms with Gasteiger partial charge in [-0.2, -0.15) is 0 Å². The highest BCUT2D eigenvalue weighted by Gasteiger charge is 2.56. The van der Waals surface area contributed by atoms with Crippen LogP contribution in [0, 0.1) is 0 Å². The van der Waals surface area contributed by atoms with Gasteiger partial charge in [-0.3, -0.25) is 14.3 Å². The predicted octanol–water partition coefficient (Wildman–Crippen LogP) is 2.58. The Kier molecular flexibility index (Phi) is 4.60. The summed E-state index contributed by atoms with van der Waals surface area (Å²) in [5.74, 6) is -0.787. The Morgan fingerprint density at radius 3 is 2.77 bits per heavy atom. The normalized spacial score (nSPS) is 22.8. The van der Waals surface area contributed by atoms with Crippen molar-refractivity contribution in [1.82, 2.24) is 14.5 Å². The number of ether oxygens (including phenoxy) is 2. The number of hydrogen-bond acceptors (Lipinski definition) is 6. The smallest absolute Gasteiger partial charge is 0.360 e. The molecule has 2 aliphatic heterocycles. The van der Waals surface area contributed by atoms with Gasteiger partial charge >= 0.3 is 5.97 Å². The molecular weight excluding hydrogens is 422 g/mol. The van der Waals surface area contributed by atoms with Gasteiger partial charge < -0.3 is 9.47 Å². The summed E-state index contributed by atoms with van der Waals surface area (Å²) in [5, 5.41) is 0.427. The van der Waals surface area contributed by atoms with Crippen molar-refractivity contribution >= 4 is 44.6 Å². The molecule has 4 rings (SSSR count). The van der Waals surface area contributed by atoms with Crippen LogP contribution in [0.1, 0.15) is 11.9 Å². The molecular formula is C17H14BrN3O4S. The lowest BCUT2D eigenvalue weighted by Gasteiger charge is -2.39. The molecule has 3 heterocycles. The van der Waals surface area contributed by atoms with E-state index in [1.807, 2.05) is 30.3 Å². The maximum absolute atomic E-state index is 12.9. The number of imidazole rings is 1. The van der Waals surface area contributed by atoms with E-state index in [2.05, 4.69) is 20.9 Å². The average molecular weight is 436 g/mol. The molecule has 2 aliphatic rings. The molecule has 0 bridgehead atoms. The van der Waals surface area contributed by atoms with Crippen LogP contribution in [0.5, 0.6) is 0 Å². The second-order valence-corrected chi connectivity index (χ2v) is 7.72. The first-order valence-electron chi connectivity index (χ1n) is 7.77. The zero-order valence-electron chi connectivity index (χ0n) is 13.6. The molecule has 3 atom stereocenters. The number of fused-ring (bicyclic) bond motifs is 1. The summed E-state index contributed by atoms with van der Waals surface area (Å²) < 4.78 is 12.6. The molecule has 1 aromatic heterocycles. The first kappa shape index (κ1) is 17.3. The third-order valence-corrected chi connectivity index (χ3v) is 6.68. The van der Waals surface area contributed by atoms with Crippen LogP contribution in [0.4, 0.5) is 0 Å². The number of methoxy groups -OCH3 is 1. The van der Waals surface area contributed by atoms with E-state index in [-0.39, 0.29) is 21.8 Å². The van der Waals surface area contributed by atoms with Crippen molar-refractivity contribution in [2.45, 2.75) is 16.5 Å². The van der Waals surface area contributed by atoms with E-state index in [0.717, 1.165) is 0 Å². The number of alkyl halides is 1. The standard InChI is InChI=1S/C17H14BrN3O4S/c1-24-17(10-5-3-2-4-6-10)25-16(23)12-15(20-8-7-19-9-20)26-14-11(18)13(22)21(12)14/h2-9,11,14,17H,1H3/t11-,14+,17?/m0/s1. The zero-order valence-corrected chi connectivity index (χ0v) is 16.0. The lowest BCUT2D eigenvalue weighted by Crippen LogP contribution is -2.58. The van der Waals surface area contributed by atoms with Gasteiger partial charge in [0.05, 0.1) is 6.33 Å². The lowest BCUT2D eigenvalue weighted by molar-refractivity contribution is -0.174. The molecule has 0 saturated carbocycles. The second kappa shape index (κ2) is 6.90. The summed E-state index contributed by atoms with van der Waals surface area (Å²) in [6, 6.07) is 9.15. The number of halogens is 1. The SMILES string of the molecule is COC(OC(=O)C1=C(n2ccnc2)S[C@@H]2[C@@H](Br)C(=O)N12)c1ccccc1. The molecule has 0 radical (unpaired) electrons. The predicted molar refractivity (Wildman–Crippen MR) is 98.7 cm³/mol. The van der Waals surface area contributed by atoms with Crippen molar-refractivity contribution in [1.29, 1.82) is 0 Å². The van der Waals surface area contributed by atoms with E-state index in [4.69, 9.17) is 9.47 Å². The van der Waals surface area contributed by atoms with E-state index in [1.165, 1.54) is 23.8 Å². The quantitative estimate of drug-likeness (QED) is 0.311. The molecule has 1 fully saturated rings. The number of hydrogen-bond donors (Lipinski definition) is 0. The molecule has 9 heteroatoms. The molecule has 0 N–H and O–H groups in total. The Morgan fingerprint density at radius 2 is 2.12 bits per heavy atom. The van der Waals surface area contributed by atoms with Gasteiger partial charge in [-0.1, -0.05) is 58.0 Å².